The number of carbonyl (C=O) groups excluding carboxylic acids is 1. The number of aryl methyl sites for hydroxylation is 1. The zero-order chi connectivity index (χ0) is 16.5. The Morgan fingerprint density at radius 2 is 2.42 bits per heavy atom. The fraction of sp³-hybridized carbons (Fsp3) is 0.562. The highest BCUT2D eigenvalue weighted by atomic mass is 32.1. The maximum absolute atomic E-state index is 12.7. The van der Waals surface area contributed by atoms with E-state index < -0.39 is 0 Å². The molecular weight excluding hydrogens is 326 g/mol. The highest BCUT2D eigenvalue weighted by Crippen LogP contribution is 2.26. The van der Waals surface area contributed by atoms with Gasteiger partial charge in [0.1, 0.15) is 12.4 Å². The van der Waals surface area contributed by atoms with Crippen LogP contribution in [0.4, 0.5) is 4.79 Å². The summed E-state index contributed by atoms with van der Waals surface area (Å²) in [6, 6.07) is 2.03. The number of rotatable bonds is 3. The number of nitrogens with zero attached hydrogens (tertiary/aromatic N) is 4. The van der Waals surface area contributed by atoms with Crippen LogP contribution >= 0.6 is 11.3 Å². The summed E-state index contributed by atoms with van der Waals surface area (Å²) in [6.45, 7) is 2.71. The number of hydrogen-bond donors (Lipinski definition) is 1. The molecule has 0 aromatic carbocycles. The Hall–Kier alpha value is -1.93. The molecule has 2 aliphatic rings. The van der Waals surface area contributed by atoms with Gasteiger partial charge in [0, 0.05) is 31.6 Å². The molecule has 2 amide bonds. The van der Waals surface area contributed by atoms with Crippen molar-refractivity contribution in [2.45, 2.75) is 45.0 Å². The van der Waals surface area contributed by atoms with Crippen LogP contribution in [0, 0.1) is 0 Å². The molecule has 0 aliphatic carbocycles. The standard InChI is InChI=1S/C16H21N5O2S/c1-23-10-14-18-15-12(3-2-6-21(15)19-14)17-16(22)20-7-4-13-11(9-20)5-8-24-13/h5,8,12H,2-4,6-7,9-10H2,1H3,(H,17,22)/t12-/m0/s1. The van der Waals surface area contributed by atoms with E-state index >= 15 is 0 Å². The van der Waals surface area contributed by atoms with E-state index in [2.05, 4.69) is 26.8 Å². The molecule has 0 unspecified atom stereocenters. The zero-order valence-corrected chi connectivity index (χ0v) is 14.5. The van der Waals surface area contributed by atoms with Crippen LogP contribution in [0.5, 0.6) is 0 Å². The van der Waals surface area contributed by atoms with Crippen LogP contribution in [-0.4, -0.2) is 39.4 Å². The lowest BCUT2D eigenvalue weighted by Crippen LogP contribution is -2.44. The third kappa shape index (κ3) is 2.91. The van der Waals surface area contributed by atoms with Crippen molar-refractivity contribution in [1.29, 1.82) is 0 Å². The molecule has 7 nitrogen and oxygen atoms in total. The Kier molecular flexibility index (Phi) is 4.24. The largest absolute Gasteiger partial charge is 0.377 e. The number of hydrogen-bond acceptors (Lipinski definition) is 5. The normalized spacial score (nSPS) is 19.7. The van der Waals surface area contributed by atoms with Crippen molar-refractivity contribution in [3.8, 4) is 0 Å². The second-order valence-corrected chi connectivity index (χ2v) is 7.23. The zero-order valence-electron chi connectivity index (χ0n) is 13.7. The second-order valence-electron chi connectivity index (χ2n) is 6.23. The van der Waals surface area contributed by atoms with E-state index in [1.54, 1.807) is 18.4 Å². The minimum Gasteiger partial charge on any atom is -0.377 e. The monoisotopic (exact) mass is 347 g/mol. The lowest BCUT2D eigenvalue weighted by molar-refractivity contribution is 0.177. The average molecular weight is 347 g/mol. The molecule has 0 fully saturated rings. The summed E-state index contributed by atoms with van der Waals surface area (Å²) in [5, 5.41) is 9.70. The molecule has 1 atom stereocenters. The van der Waals surface area contributed by atoms with E-state index in [0.717, 1.165) is 38.2 Å². The summed E-state index contributed by atoms with van der Waals surface area (Å²) in [5.74, 6) is 1.52. The van der Waals surface area contributed by atoms with Crippen LogP contribution in [-0.2, 0) is 30.9 Å². The van der Waals surface area contributed by atoms with E-state index in [9.17, 15) is 4.79 Å². The molecule has 0 saturated carbocycles. The lowest BCUT2D eigenvalue weighted by atomic mass is 10.1. The van der Waals surface area contributed by atoms with Gasteiger partial charge in [-0.1, -0.05) is 0 Å². The molecule has 128 valence electrons. The number of methoxy groups -OCH3 is 1. The summed E-state index contributed by atoms with van der Waals surface area (Å²) >= 11 is 1.78. The SMILES string of the molecule is COCc1nc2n(n1)CCC[C@@H]2NC(=O)N1CCc2sccc2C1. The number of amides is 2. The summed E-state index contributed by atoms with van der Waals surface area (Å²) < 4.78 is 7.01. The highest BCUT2D eigenvalue weighted by molar-refractivity contribution is 7.10. The Morgan fingerprint density at radius 1 is 1.50 bits per heavy atom. The number of urea groups is 1. The Labute approximate surface area is 144 Å². The molecule has 2 aromatic heterocycles. The highest BCUT2D eigenvalue weighted by Gasteiger charge is 2.28. The number of aromatic nitrogens is 3. The minimum atomic E-state index is -0.0757. The van der Waals surface area contributed by atoms with E-state index in [-0.39, 0.29) is 12.1 Å². The molecule has 0 saturated heterocycles. The molecule has 24 heavy (non-hydrogen) atoms. The number of fused-ring (bicyclic) bond motifs is 2. The molecule has 2 aromatic rings. The number of carbonyl (C=O) groups is 1. The van der Waals surface area contributed by atoms with Gasteiger partial charge < -0.3 is 15.0 Å². The number of nitrogens with one attached hydrogen (secondary N) is 1. The van der Waals surface area contributed by atoms with Crippen molar-refractivity contribution < 1.29 is 9.53 Å². The van der Waals surface area contributed by atoms with Crippen molar-refractivity contribution in [2.75, 3.05) is 13.7 Å². The summed E-state index contributed by atoms with van der Waals surface area (Å²) in [7, 11) is 1.63. The fourth-order valence-corrected chi connectivity index (χ4v) is 4.28. The van der Waals surface area contributed by atoms with Gasteiger partial charge >= 0.3 is 6.03 Å². The lowest BCUT2D eigenvalue weighted by Gasteiger charge is -2.30. The number of ether oxygens (including phenoxy) is 1. The van der Waals surface area contributed by atoms with Crippen LogP contribution in [0.3, 0.4) is 0 Å². The third-order valence-electron chi connectivity index (χ3n) is 4.58. The summed E-state index contributed by atoms with van der Waals surface area (Å²) in [4.78, 5) is 20.5. The summed E-state index contributed by atoms with van der Waals surface area (Å²) in [6.07, 6.45) is 2.83. The maximum atomic E-state index is 12.7. The van der Waals surface area contributed by atoms with E-state index in [1.165, 1.54) is 10.4 Å². The molecule has 4 rings (SSSR count). The van der Waals surface area contributed by atoms with Gasteiger partial charge in [0.25, 0.3) is 0 Å². The molecule has 0 spiro atoms. The second kappa shape index (κ2) is 6.52. The van der Waals surface area contributed by atoms with Gasteiger partial charge in [0.05, 0.1) is 6.04 Å². The van der Waals surface area contributed by atoms with Crippen molar-refractivity contribution in [2.24, 2.45) is 0 Å². The summed E-state index contributed by atoms with van der Waals surface area (Å²) in [5.41, 5.74) is 1.27. The van der Waals surface area contributed by atoms with Gasteiger partial charge in [0.15, 0.2) is 5.82 Å². The first-order valence-corrected chi connectivity index (χ1v) is 9.16. The minimum absolute atomic E-state index is 0.0124. The molecule has 0 bridgehead atoms. The van der Waals surface area contributed by atoms with Gasteiger partial charge in [-0.05, 0) is 36.3 Å². The van der Waals surface area contributed by atoms with Crippen molar-refractivity contribution in [3.05, 3.63) is 33.5 Å². The smallest absolute Gasteiger partial charge is 0.318 e. The Morgan fingerprint density at radius 3 is 3.29 bits per heavy atom. The van der Waals surface area contributed by atoms with Gasteiger partial charge in [-0.25, -0.2) is 14.5 Å². The van der Waals surface area contributed by atoms with Crippen molar-refractivity contribution in [3.63, 3.8) is 0 Å². The van der Waals surface area contributed by atoms with E-state index in [4.69, 9.17) is 4.74 Å². The van der Waals surface area contributed by atoms with Crippen molar-refractivity contribution in [1.82, 2.24) is 25.0 Å². The molecule has 4 heterocycles. The van der Waals surface area contributed by atoms with Crippen LogP contribution in [0.1, 0.15) is 41.0 Å². The van der Waals surface area contributed by atoms with Crippen LogP contribution in [0.15, 0.2) is 11.4 Å². The van der Waals surface area contributed by atoms with Gasteiger partial charge in [-0.15, -0.1) is 11.3 Å². The first-order valence-electron chi connectivity index (χ1n) is 8.28. The Balaban J connectivity index is 1.45. The van der Waals surface area contributed by atoms with Gasteiger partial charge in [0.2, 0.25) is 0 Å². The van der Waals surface area contributed by atoms with Crippen molar-refractivity contribution >= 4 is 17.4 Å². The third-order valence-corrected chi connectivity index (χ3v) is 5.61. The van der Waals surface area contributed by atoms with Crippen LogP contribution < -0.4 is 5.32 Å². The fourth-order valence-electron chi connectivity index (χ4n) is 3.39. The van der Waals surface area contributed by atoms with E-state index in [0.29, 0.717) is 19.0 Å². The molecule has 1 N–H and O–H groups in total. The number of thiophene rings is 1. The molecule has 8 heteroatoms. The maximum Gasteiger partial charge on any atom is 0.318 e. The predicted molar refractivity (Wildman–Crippen MR) is 89.7 cm³/mol. The van der Waals surface area contributed by atoms with Gasteiger partial charge in [-0.2, -0.15) is 5.10 Å². The predicted octanol–water partition coefficient (Wildman–Crippen LogP) is 2.09. The molecule has 2 aliphatic heterocycles. The van der Waals surface area contributed by atoms with Gasteiger partial charge in [-0.3, -0.25) is 0 Å². The van der Waals surface area contributed by atoms with Crippen LogP contribution in [0.25, 0.3) is 0 Å². The topological polar surface area (TPSA) is 72.3 Å². The first-order chi connectivity index (χ1) is 11.7. The van der Waals surface area contributed by atoms with E-state index in [1.807, 2.05) is 9.58 Å². The molecular formula is C16H21N5O2S. The quantitative estimate of drug-likeness (QED) is 0.923. The first kappa shape index (κ1) is 15.6. The molecule has 0 radical (unpaired) electrons. The Bertz CT molecular complexity index is 741. The van der Waals surface area contributed by atoms with Crippen LogP contribution in [0.2, 0.25) is 0 Å². The average Bonchev–Trinajstić information content (AvgIpc) is 3.20.